The summed E-state index contributed by atoms with van der Waals surface area (Å²) in [6, 6.07) is 6.38. The first-order valence-electron chi connectivity index (χ1n) is 6.60. The van der Waals surface area contributed by atoms with E-state index >= 15 is 0 Å². The minimum Gasteiger partial charge on any atom is -0.322 e. The summed E-state index contributed by atoms with van der Waals surface area (Å²) in [5, 5.41) is 3.21. The number of hydrogen-bond acceptors (Lipinski definition) is 3. The molecule has 0 bridgehead atoms. The molecular weight excluding hydrogens is 290 g/mol. The molecule has 0 saturated carbocycles. The molecule has 0 N–H and O–H groups in total. The van der Waals surface area contributed by atoms with Crippen molar-refractivity contribution in [1.82, 2.24) is 14.5 Å². The van der Waals surface area contributed by atoms with Gasteiger partial charge in [0.25, 0.3) is 0 Å². The first-order chi connectivity index (χ1) is 9.67. The van der Waals surface area contributed by atoms with E-state index in [0.717, 1.165) is 40.5 Å². The Morgan fingerprint density at radius 1 is 1.25 bits per heavy atom. The van der Waals surface area contributed by atoms with Crippen LogP contribution in [0.4, 0.5) is 0 Å². The van der Waals surface area contributed by atoms with Gasteiger partial charge in [-0.1, -0.05) is 6.07 Å². The van der Waals surface area contributed by atoms with Crippen LogP contribution in [0.15, 0.2) is 23.6 Å². The lowest BCUT2D eigenvalue weighted by molar-refractivity contribution is 0.740. The Morgan fingerprint density at radius 3 is 2.80 bits per heavy atom. The number of aromatic nitrogens is 3. The Labute approximate surface area is 127 Å². The summed E-state index contributed by atoms with van der Waals surface area (Å²) in [4.78, 5) is 9.27. The van der Waals surface area contributed by atoms with Crippen LogP contribution in [-0.4, -0.2) is 20.4 Å². The Balaban J connectivity index is 2.08. The molecule has 0 saturated heterocycles. The molecule has 20 heavy (non-hydrogen) atoms. The van der Waals surface area contributed by atoms with Gasteiger partial charge < -0.3 is 4.57 Å². The summed E-state index contributed by atoms with van der Waals surface area (Å²) in [7, 11) is 0. The highest BCUT2D eigenvalue weighted by Crippen LogP contribution is 2.20. The minimum absolute atomic E-state index is 0.582. The van der Waals surface area contributed by atoms with Crippen LogP contribution in [0, 0.1) is 13.8 Å². The van der Waals surface area contributed by atoms with Crippen molar-refractivity contribution in [2.75, 3.05) is 5.88 Å². The third-order valence-electron chi connectivity index (χ3n) is 3.29. The molecule has 0 radical (unpaired) electrons. The molecule has 2 heterocycles. The van der Waals surface area contributed by atoms with Crippen LogP contribution >= 0.6 is 22.9 Å². The van der Waals surface area contributed by atoms with Crippen LogP contribution in [0.25, 0.3) is 11.0 Å². The zero-order valence-electron chi connectivity index (χ0n) is 11.6. The molecular formula is C15H16ClN3S. The van der Waals surface area contributed by atoms with E-state index in [4.69, 9.17) is 16.6 Å². The van der Waals surface area contributed by atoms with Gasteiger partial charge in [0.05, 0.1) is 28.3 Å². The van der Waals surface area contributed by atoms with Gasteiger partial charge in [0.1, 0.15) is 5.82 Å². The van der Waals surface area contributed by atoms with Crippen LogP contribution < -0.4 is 0 Å². The number of rotatable bonds is 4. The maximum absolute atomic E-state index is 5.91. The summed E-state index contributed by atoms with van der Waals surface area (Å²) in [5.74, 6) is 1.62. The van der Waals surface area contributed by atoms with E-state index in [9.17, 15) is 0 Å². The number of benzene rings is 1. The van der Waals surface area contributed by atoms with Gasteiger partial charge in [-0.3, -0.25) is 0 Å². The molecule has 0 aliphatic carbocycles. The first-order valence-corrected chi connectivity index (χ1v) is 8.01. The molecule has 0 amide bonds. The number of hydrogen-bond donors (Lipinski definition) is 0. The number of halogens is 1. The lowest BCUT2D eigenvalue weighted by atomic mass is 10.2. The highest BCUT2D eigenvalue weighted by Gasteiger charge is 2.12. The Hall–Kier alpha value is -1.39. The molecule has 0 aliphatic heterocycles. The lowest BCUT2D eigenvalue weighted by Crippen LogP contribution is -2.06. The summed E-state index contributed by atoms with van der Waals surface area (Å²) in [6.45, 7) is 4.88. The number of alkyl halides is 1. The topological polar surface area (TPSA) is 30.7 Å². The molecule has 0 fully saturated rings. The summed E-state index contributed by atoms with van der Waals surface area (Å²) in [6.07, 6.45) is 0.776. The predicted molar refractivity (Wildman–Crippen MR) is 84.8 cm³/mol. The van der Waals surface area contributed by atoms with E-state index in [0.29, 0.717) is 5.88 Å². The average Bonchev–Trinajstić information content (AvgIpc) is 2.95. The second-order valence-corrected chi connectivity index (χ2v) is 6.34. The first kappa shape index (κ1) is 13.6. The van der Waals surface area contributed by atoms with Crippen molar-refractivity contribution in [3.63, 3.8) is 0 Å². The molecule has 2 aromatic heterocycles. The summed E-state index contributed by atoms with van der Waals surface area (Å²) < 4.78 is 2.23. The molecule has 0 spiro atoms. The van der Waals surface area contributed by atoms with Gasteiger partial charge in [-0.05, 0) is 31.5 Å². The van der Waals surface area contributed by atoms with Crippen molar-refractivity contribution >= 4 is 34.0 Å². The van der Waals surface area contributed by atoms with Gasteiger partial charge >= 0.3 is 0 Å². The summed E-state index contributed by atoms with van der Waals surface area (Å²) in [5.41, 5.74) is 4.51. The molecule has 1 aromatic carbocycles. The zero-order valence-corrected chi connectivity index (χ0v) is 13.1. The van der Waals surface area contributed by atoms with Crippen LogP contribution in [-0.2, 0) is 13.0 Å². The van der Waals surface area contributed by atoms with Crippen LogP contribution in [0.5, 0.6) is 0 Å². The van der Waals surface area contributed by atoms with E-state index < -0.39 is 0 Å². The third-order valence-corrected chi connectivity index (χ3v) is 4.30. The van der Waals surface area contributed by atoms with E-state index in [1.807, 2.05) is 6.92 Å². The highest BCUT2D eigenvalue weighted by atomic mass is 35.5. The molecule has 104 valence electrons. The zero-order chi connectivity index (χ0) is 14.1. The van der Waals surface area contributed by atoms with E-state index in [2.05, 4.69) is 40.1 Å². The standard InChI is InChI=1S/C15H16ClN3S/c1-10-3-4-14-13(7-10)18-15(5-6-16)19(14)8-12-9-20-11(2)17-12/h3-4,7,9H,5-6,8H2,1-2H3. The molecule has 3 aromatic rings. The largest absolute Gasteiger partial charge is 0.322 e. The molecule has 0 atom stereocenters. The maximum atomic E-state index is 5.91. The van der Waals surface area contributed by atoms with E-state index in [1.54, 1.807) is 11.3 Å². The van der Waals surface area contributed by atoms with Gasteiger partial charge in [-0.2, -0.15) is 0 Å². The van der Waals surface area contributed by atoms with Crippen molar-refractivity contribution in [2.24, 2.45) is 0 Å². The van der Waals surface area contributed by atoms with Crippen molar-refractivity contribution in [1.29, 1.82) is 0 Å². The second-order valence-electron chi connectivity index (χ2n) is 4.90. The fourth-order valence-electron chi connectivity index (χ4n) is 2.38. The minimum atomic E-state index is 0.582. The smallest absolute Gasteiger partial charge is 0.111 e. The Bertz CT molecular complexity index is 745. The molecule has 0 unspecified atom stereocenters. The van der Waals surface area contributed by atoms with Gasteiger partial charge in [0.2, 0.25) is 0 Å². The van der Waals surface area contributed by atoms with Crippen LogP contribution in [0.3, 0.4) is 0 Å². The predicted octanol–water partition coefficient (Wildman–Crippen LogP) is 3.94. The van der Waals surface area contributed by atoms with Gasteiger partial charge in [0.15, 0.2) is 0 Å². The molecule has 5 heteroatoms. The molecule has 0 aliphatic rings. The summed E-state index contributed by atoms with van der Waals surface area (Å²) >= 11 is 7.59. The van der Waals surface area contributed by atoms with E-state index in [1.165, 1.54) is 5.56 Å². The monoisotopic (exact) mass is 305 g/mol. The number of fused-ring (bicyclic) bond motifs is 1. The maximum Gasteiger partial charge on any atom is 0.111 e. The SMILES string of the molecule is Cc1ccc2c(c1)nc(CCCl)n2Cc1csc(C)n1. The van der Waals surface area contributed by atoms with Crippen LogP contribution in [0.2, 0.25) is 0 Å². The van der Waals surface area contributed by atoms with Gasteiger partial charge in [-0.15, -0.1) is 22.9 Å². The number of nitrogens with zero attached hydrogens (tertiary/aromatic N) is 3. The van der Waals surface area contributed by atoms with Crippen molar-refractivity contribution in [2.45, 2.75) is 26.8 Å². The quantitative estimate of drug-likeness (QED) is 0.684. The van der Waals surface area contributed by atoms with Crippen molar-refractivity contribution in [3.8, 4) is 0 Å². The van der Waals surface area contributed by atoms with Gasteiger partial charge in [-0.25, -0.2) is 9.97 Å². The highest BCUT2D eigenvalue weighted by molar-refractivity contribution is 7.09. The van der Waals surface area contributed by atoms with Crippen LogP contribution in [0.1, 0.15) is 22.1 Å². The normalized spacial score (nSPS) is 11.3. The average molecular weight is 306 g/mol. The number of aryl methyl sites for hydroxylation is 3. The fraction of sp³-hybridized carbons (Fsp3) is 0.333. The number of thiazole rings is 1. The second kappa shape index (κ2) is 5.54. The molecule has 3 nitrogen and oxygen atoms in total. The molecule has 3 rings (SSSR count). The number of imidazole rings is 1. The fourth-order valence-corrected chi connectivity index (χ4v) is 3.16. The Morgan fingerprint density at radius 2 is 2.10 bits per heavy atom. The van der Waals surface area contributed by atoms with Crippen molar-refractivity contribution < 1.29 is 0 Å². The lowest BCUT2D eigenvalue weighted by Gasteiger charge is -2.06. The van der Waals surface area contributed by atoms with E-state index in [-0.39, 0.29) is 0 Å². The third kappa shape index (κ3) is 2.58. The Kier molecular flexibility index (Phi) is 3.76. The van der Waals surface area contributed by atoms with Crippen molar-refractivity contribution in [3.05, 3.63) is 45.7 Å². The van der Waals surface area contributed by atoms with Gasteiger partial charge in [0, 0.05) is 17.7 Å².